The summed E-state index contributed by atoms with van der Waals surface area (Å²) in [4.78, 5) is 13.4. The van der Waals surface area contributed by atoms with Crippen LogP contribution in [0.2, 0.25) is 0 Å². The van der Waals surface area contributed by atoms with Crippen LogP contribution in [0.4, 0.5) is 0 Å². The lowest BCUT2D eigenvalue weighted by Crippen LogP contribution is -2.32. The van der Waals surface area contributed by atoms with Gasteiger partial charge in [0.1, 0.15) is 5.76 Å². The molecule has 0 N–H and O–H groups in total. The fraction of sp³-hybridized carbons (Fsp3) is 0.600. The molecule has 0 spiro atoms. The number of carbonyl (C=O) groups excluding carboxylic acids is 1. The molecule has 0 atom stereocenters. The van der Waals surface area contributed by atoms with Crippen molar-refractivity contribution in [1.29, 1.82) is 0 Å². The summed E-state index contributed by atoms with van der Waals surface area (Å²) in [5.41, 5.74) is 0. The third kappa shape index (κ3) is 2.49. The second-order valence-electron chi connectivity index (χ2n) is 3.65. The lowest BCUT2D eigenvalue weighted by Gasteiger charge is -2.14. The fourth-order valence-electron chi connectivity index (χ4n) is 1.61. The minimum absolute atomic E-state index is 0.0214. The average molecular weight is 210 g/mol. The van der Waals surface area contributed by atoms with Crippen molar-refractivity contribution in [3.05, 3.63) is 11.8 Å². The Bertz CT molecular complexity index is 342. The summed E-state index contributed by atoms with van der Waals surface area (Å²) >= 11 is 0. The summed E-state index contributed by atoms with van der Waals surface area (Å²) in [6.07, 6.45) is 2.18. The molecule has 1 aromatic heterocycles. The molecule has 15 heavy (non-hydrogen) atoms. The van der Waals surface area contributed by atoms with Crippen LogP contribution < -0.4 is 4.74 Å². The van der Waals surface area contributed by atoms with Crippen molar-refractivity contribution in [3.8, 4) is 5.88 Å². The van der Waals surface area contributed by atoms with Gasteiger partial charge in [-0.25, -0.2) is 0 Å². The Labute approximate surface area is 88.0 Å². The molecule has 1 saturated heterocycles. The second-order valence-corrected chi connectivity index (χ2v) is 3.65. The summed E-state index contributed by atoms with van der Waals surface area (Å²) in [6, 6.07) is 1.66. The fourth-order valence-corrected chi connectivity index (χ4v) is 1.61. The van der Waals surface area contributed by atoms with E-state index in [-0.39, 0.29) is 12.5 Å². The highest BCUT2D eigenvalue weighted by Gasteiger charge is 2.18. The van der Waals surface area contributed by atoms with Gasteiger partial charge in [0.2, 0.25) is 0 Å². The van der Waals surface area contributed by atoms with Gasteiger partial charge in [-0.2, -0.15) is 0 Å². The molecule has 1 aromatic rings. The molecule has 0 unspecified atom stereocenters. The molecule has 82 valence electrons. The smallest absolute Gasteiger partial charge is 0.260 e. The maximum absolute atomic E-state index is 11.6. The van der Waals surface area contributed by atoms with Crippen LogP contribution in [0.5, 0.6) is 5.88 Å². The van der Waals surface area contributed by atoms with Crippen molar-refractivity contribution in [2.24, 2.45) is 0 Å². The Hall–Kier alpha value is -1.52. The first-order valence-corrected chi connectivity index (χ1v) is 5.09. The summed E-state index contributed by atoms with van der Waals surface area (Å²) in [5.74, 6) is 1.08. The van der Waals surface area contributed by atoms with E-state index in [2.05, 4.69) is 5.16 Å². The SMILES string of the molecule is Cc1cc(OCC(=O)N2CCCC2)no1. The summed E-state index contributed by atoms with van der Waals surface area (Å²) in [5, 5.41) is 3.65. The van der Waals surface area contributed by atoms with Crippen LogP contribution in [0.1, 0.15) is 18.6 Å². The van der Waals surface area contributed by atoms with Crippen LogP contribution in [0, 0.1) is 6.92 Å². The molecule has 1 aliphatic rings. The monoisotopic (exact) mass is 210 g/mol. The first-order valence-electron chi connectivity index (χ1n) is 5.09. The van der Waals surface area contributed by atoms with E-state index in [1.54, 1.807) is 13.0 Å². The maximum Gasteiger partial charge on any atom is 0.260 e. The molecule has 0 aromatic carbocycles. The van der Waals surface area contributed by atoms with Crippen molar-refractivity contribution in [2.75, 3.05) is 19.7 Å². The van der Waals surface area contributed by atoms with E-state index in [0.29, 0.717) is 11.6 Å². The normalized spacial score (nSPS) is 15.7. The second kappa shape index (κ2) is 4.33. The number of likely N-dealkylation sites (tertiary alicyclic amines) is 1. The molecule has 2 heterocycles. The topological polar surface area (TPSA) is 55.6 Å². The zero-order valence-corrected chi connectivity index (χ0v) is 8.73. The van der Waals surface area contributed by atoms with E-state index < -0.39 is 0 Å². The van der Waals surface area contributed by atoms with Crippen LogP contribution in [-0.2, 0) is 4.79 Å². The minimum Gasteiger partial charge on any atom is -0.465 e. The summed E-state index contributed by atoms with van der Waals surface area (Å²) in [6.45, 7) is 3.52. The third-order valence-electron chi connectivity index (χ3n) is 2.41. The highest BCUT2D eigenvalue weighted by atomic mass is 16.5. The molecule has 1 aliphatic heterocycles. The molecular formula is C10H14N2O3. The number of carbonyl (C=O) groups is 1. The van der Waals surface area contributed by atoms with Crippen molar-refractivity contribution in [1.82, 2.24) is 10.1 Å². The van der Waals surface area contributed by atoms with Gasteiger partial charge in [-0.15, -0.1) is 0 Å². The quantitative estimate of drug-likeness (QED) is 0.746. The number of nitrogens with zero attached hydrogens (tertiary/aromatic N) is 2. The van der Waals surface area contributed by atoms with Crippen LogP contribution in [0.15, 0.2) is 10.6 Å². The zero-order valence-electron chi connectivity index (χ0n) is 8.73. The molecule has 0 radical (unpaired) electrons. The molecule has 1 amide bonds. The minimum atomic E-state index is 0.0214. The van der Waals surface area contributed by atoms with Crippen molar-refractivity contribution in [2.45, 2.75) is 19.8 Å². The Morgan fingerprint density at radius 2 is 2.33 bits per heavy atom. The molecule has 1 fully saturated rings. The Morgan fingerprint density at radius 3 is 2.93 bits per heavy atom. The maximum atomic E-state index is 11.6. The van der Waals surface area contributed by atoms with Crippen LogP contribution in [0.3, 0.4) is 0 Å². The Balaban J connectivity index is 1.80. The number of hydrogen-bond acceptors (Lipinski definition) is 4. The third-order valence-corrected chi connectivity index (χ3v) is 2.41. The van der Waals surface area contributed by atoms with Gasteiger partial charge in [0.05, 0.1) is 0 Å². The number of hydrogen-bond donors (Lipinski definition) is 0. The predicted molar refractivity (Wildman–Crippen MR) is 52.5 cm³/mol. The molecule has 2 rings (SSSR count). The van der Waals surface area contributed by atoms with Crippen molar-refractivity contribution in [3.63, 3.8) is 0 Å². The van der Waals surface area contributed by atoms with E-state index in [9.17, 15) is 4.79 Å². The Kier molecular flexibility index (Phi) is 2.89. The Morgan fingerprint density at radius 1 is 1.60 bits per heavy atom. The van der Waals surface area contributed by atoms with Gasteiger partial charge in [0.15, 0.2) is 6.61 Å². The van der Waals surface area contributed by atoms with Crippen LogP contribution >= 0.6 is 0 Å². The van der Waals surface area contributed by atoms with E-state index in [4.69, 9.17) is 9.26 Å². The van der Waals surface area contributed by atoms with Gasteiger partial charge in [-0.1, -0.05) is 0 Å². The largest absolute Gasteiger partial charge is 0.465 e. The lowest BCUT2D eigenvalue weighted by molar-refractivity contribution is -0.132. The van der Waals surface area contributed by atoms with E-state index in [1.807, 2.05) is 4.90 Å². The van der Waals surface area contributed by atoms with Gasteiger partial charge in [-0.3, -0.25) is 4.79 Å². The van der Waals surface area contributed by atoms with E-state index in [0.717, 1.165) is 25.9 Å². The first-order chi connectivity index (χ1) is 7.25. The van der Waals surface area contributed by atoms with Crippen molar-refractivity contribution < 1.29 is 14.1 Å². The first kappa shape index (κ1) is 10.0. The summed E-state index contributed by atoms with van der Waals surface area (Å²) < 4.78 is 10.0. The molecule has 5 nitrogen and oxygen atoms in total. The highest BCUT2D eigenvalue weighted by molar-refractivity contribution is 5.77. The van der Waals surface area contributed by atoms with Gasteiger partial charge < -0.3 is 14.2 Å². The van der Waals surface area contributed by atoms with Gasteiger partial charge in [-0.05, 0) is 24.9 Å². The summed E-state index contributed by atoms with van der Waals surface area (Å²) in [7, 11) is 0. The molecule has 5 heteroatoms. The highest BCUT2D eigenvalue weighted by Crippen LogP contribution is 2.11. The molecule has 0 saturated carbocycles. The van der Waals surface area contributed by atoms with Gasteiger partial charge in [0.25, 0.3) is 11.8 Å². The average Bonchev–Trinajstić information content (AvgIpc) is 2.84. The van der Waals surface area contributed by atoms with E-state index >= 15 is 0 Å². The zero-order chi connectivity index (χ0) is 10.7. The predicted octanol–water partition coefficient (Wildman–Crippen LogP) is 0.984. The number of amides is 1. The number of aryl methyl sites for hydroxylation is 1. The van der Waals surface area contributed by atoms with Gasteiger partial charge in [0, 0.05) is 19.2 Å². The number of rotatable bonds is 3. The van der Waals surface area contributed by atoms with Gasteiger partial charge >= 0.3 is 0 Å². The number of aromatic nitrogens is 1. The standard InChI is InChI=1S/C10H14N2O3/c1-8-6-9(11-15-8)14-7-10(13)12-4-2-3-5-12/h6H,2-5,7H2,1H3. The molecule has 0 bridgehead atoms. The molecule has 0 aliphatic carbocycles. The number of ether oxygens (including phenoxy) is 1. The van der Waals surface area contributed by atoms with Crippen molar-refractivity contribution >= 4 is 5.91 Å². The van der Waals surface area contributed by atoms with Crippen LogP contribution in [-0.4, -0.2) is 35.7 Å². The van der Waals surface area contributed by atoms with E-state index in [1.165, 1.54) is 0 Å². The van der Waals surface area contributed by atoms with Crippen LogP contribution in [0.25, 0.3) is 0 Å². The molecular weight excluding hydrogens is 196 g/mol. The lowest BCUT2D eigenvalue weighted by atomic mass is 10.4.